The van der Waals surface area contributed by atoms with Gasteiger partial charge in [-0.2, -0.15) is 0 Å². The lowest BCUT2D eigenvalue weighted by Crippen LogP contribution is -2.57. The molecule has 1 aliphatic heterocycles. The highest BCUT2D eigenvalue weighted by molar-refractivity contribution is 5.29. The first kappa shape index (κ1) is 14.9. The molecule has 2 fully saturated rings. The molecule has 4 unspecified atom stereocenters. The number of aliphatic hydroxyl groups excluding tert-OH is 1. The summed E-state index contributed by atoms with van der Waals surface area (Å²) in [5.41, 5.74) is 5.50. The summed E-state index contributed by atoms with van der Waals surface area (Å²) in [5.74, 6) is -1.09. The van der Waals surface area contributed by atoms with Crippen molar-refractivity contribution in [3.05, 3.63) is 35.4 Å². The number of benzene rings is 1. The quantitative estimate of drug-likeness (QED) is 0.900. The summed E-state index contributed by atoms with van der Waals surface area (Å²) in [6.45, 7) is 1.81. The molecule has 2 aliphatic rings. The van der Waals surface area contributed by atoms with Crippen molar-refractivity contribution in [2.45, 2.75) is 43.9 Å². The number of aliphatic hydroxyl groups is 1. The van der Waals surface area contributed by atoms with Crippen molar-refractivity contribution in [2.24, 2.45) is 17.6 Å². The Bertz CT molecular complexity index is 533. The molecule has 3 rings (SSSR count). The van der Waals surface area contributed by atoms with Crippen LogP contribution in [0.3, 0.4) is 0 Å². The molecule has 1 saturated heterocycles. The summed E-state index contributed by atoms with van der Waals surface area (Å²) < 4.78 is 33.1. The van der Waals surface area contributed by atoms with Crippen LogP contribution < -0.4 is 5.73 Å². The second-order valence-corrected chi connectivity index (χ2v) is 6.43. The van der Waals surface area contributed by atoms with E-state index < -0.39 is 23.3 Å². The zero-order chi connectivity index (χ0) is 15.2. The van der Waals surface area contributed by atoms with Gasteiger partial charge in [-0.25, -0.2) is 8.78 Å². The monoisotopic (exact) mass is 297 g/mol. The largest absolute Gasteiger partial charge is 0.393 e. The van der Waals surface area contributed by atoms with Gasteiger partial charge in [-0.1, -0.05) is 6.07 Å². The van der Waals surface area contributed by atoms with Gasteiger partial charge in [0.2, 0.25) is 0 Å². The molecule has 0 radical (unpaired) electrons. The van der Waals surface area contributed by atoms with E-state index in [0.717, 1.165) is 18.9 Å². The summed E-state index contributed by atoms with van der Waals surface area (Å²) in [4.78, 5) is 0. The molecule has 1 heterocycles. The van der Waals surface area contributed by atoms with E-state index in [1.54, 1.807) is 6.92 Å². The Morgan fingerprint density at radius 3 is 2.67 bits per heavy atom. The van der Waals surface area contributed by atoms with Crippen molar-refractivity contribution >= 4 is 0 Å². The number of rotatable bonds is 3. The van der Waals surface area contributed by atoms with Crippen LogP contribution >= 0.6 is 0 Å². The maximum atomic E-state index is 14.1. The standard InChI is InChI=1S/C16H21F2NO2/c1-9(20)13-7-15(10-2-3-10)21-8-16(13,19)12-5-4-11(17)6-14(12)18/h4-6,9-10,13,15,20H,2-3,7-8,19H2,1H3. The van der Waals surface area contributed by atoms with Crippen LogP contribution in [0.5, 0.6) is 0 Å². The second-order valence-electron chi connectivity index (χ2n) is 6.43. The number of hydrogen-bond acceptors (Lipinski definition) is 3. The highest BCUT2D eigenvalue weighted by Crippen LogP contribution is 2.45. The summed E-state index contributed by atoms with van der Waals surface area (Å²) in [5, 5.41) is 10.1. The minimum Gasteiger partial charge on any atom is -0.393 e. The lowest BCUT2D eigenvalue weighted by molar-refractivity contribution is -0.101. The lowest BCUT2D eigenvalue weighted by atomic mass is 9.71. The molecule has 1 aliphatic carbocycles. The fourth-order valence-electron chi connectivity index (χ4n) is 3.45. The number of nitrogens with two attached hydrogens (primary N) is 1. The topological polar surface area (TPSA) is 55.5 Å². The van der Waals surface area contributed by atoms with Crippen LogP contribution in [0, 0.1) is 23.5 Å². The van der Waals surface area contributed by atoms with E-state index in [-0.39, 0.29) is 24.2 Å². The van der Waals surface area contributed by atoms with Crippen molar-refractivity contribution in [1.82, 2.24) is 0 Å². The third kappa shape index (κ3) is 2.70. The molecule has 1 aromatic rings. The molecule has 21 heavy (non-hydrogen) atoms. The van der Waals surface area contributed by atoms with Crippen LogP contribution in [0.2, 0.25) is 0 Å². The molecule has 3 nitrogen and oxygen atoms in total. The molecule has 1 saturated carbocycles. The highest BCUT2D eigenvalue weighted by atomic mass is 19.1. The van der Waals surface area contributed by atoms with Gasteiger partial charge >= 0.3 is 0 Å². The average molecular weight is 297 g/mol. The normalized spacial score (nSPS) is 34.7. The first-order chi connectivity index (χ1) is 9.91. The van der Waals surface area contributed by atoms with E-state index in [9.17, 15) is 13.9 Å². The molecular weight excluding hydrogens is 276 g/mol. The average Bonchev–Trinajstić information content (AvgIpc) is 3.22. The Kier molecular flexibility index (Phi) is 3.76. The Morgan fingerprint density at radius 1 is 1.38 bits per heavy atom. The van der Waals surface area contributed by atoms with Crippen LogP contribution in [0.25, 0.3) is 0 Å². The number of hydrogen-bond donors (Lipinski definition) is 2. The summed E-state index contributed by atoms with van der Waals surface area (Å²) >= 11 is 0. The molecule has 1 aromatic carbocycles. The molecule has 0 amide bonds. The summed E-state index contributed by atoms with van der Waals surface area (Å²) in [6, 6.07) is 3.38. The van der Waals surface area contributed by atoms with E-state index in [1.165, 1.54) is 12.1 Å². The van der Waals surface area contributed by atoms with Crippen LogP contribution in [0.15, 0.2) is 18.2 Å². The van der Waals surface area contributed by atoms with Gasteiger partial charge in [0.1, 0.15) is 11.6 Å². The van der Waals surface area contributed by atoms with E-state index in [1.807, 2.05) is 0 Å². The fraction of sp³-hybridized carbons (Fsp3) is 0.625. The smallest absolute Gasteiger partial charge is 0.131 e. The van der Waals surface area contributed by atoms with Crippen LogP contribution in [-0.4, -0.2) is 23.9 Å². The van der Waals surface area contributed by atoms with Gasteiger partial charge in [0.05, 0.1) is 24.4 Å². The number of halogens is 2. The maximum absolute atomic E-state index is 14.1. The third-order valence-electron chi connectivity index (χ3n) is 4.85. The molecule has 0 aromatic heterocycles. The second kappa shape index (κ2) is 5.30. The Hall–Kier alpha value is -1.04. The predicted molar refractivity (Wildman–Crippen MR) is 74.5 cm³/mol. The van der Waals surface area contributed by atoms with Crippen LogP contribution in [0.1, 0.15) is 31.7 Å². The van der Waals surface area contributed by atoms with Crippen molar-refractivity contribution in [3.8, 4) is 0 Å². The first-order valence-electron chi connectivity index (χ1n) is 7.46. The Balaban J connectivity index is 1.93. The highest BCUT2D eigenvalue weighted by Gasteiger charge is 2.49. The van der Waals surface area contributed by atoms with E-state index in [4.69, 9.17) is 10.5 Å². The van der Waals surface area contributed by atoms with Crippen molar-refractivity contribution < 1.29 is 18.6 Å². The van der Waals surface area contributed by atoms with Crippen molar-refractivity contribution in [3.63, 3.8) is 0 Å². The Labute approximate surface area is 123 Å². The van der Waals surface area contributed by atoms with Gasteiger partial charge in [-0.3, -0.25) is 0 Å². The third-order valence-corrected chi connectivity index (χ3v) is 4.85. The molecular formula is C16H21F2NO2. The van der Waals surface area contributed by atoms with Crippen molar-refractivity contribution in [1.29, 1.82) is 0 Å². The van der Waals surface area contributed by atoms with Gasteiger partial charge in [-0.15, -0.1) is 0 Å². The van der Waals surface area contributed by atoms with Gasteiger partial charge < -0.3 is 15.6 Å². The van der Waals surface area contributed by atoms with E-state index >= 15 is 0 Å². The lowest BCUT2D eigenvalue weighted by Gasteiger charge is -2.46. The molecule has 4 atom stereocenters. The van der Waals surface area contributed by atoms with Gasteiger partial charge in [-0.05, 0) is 38.2 Å². The molecule has 5 heteroatoms. The minimum absolute atomic E-state index is 0.0878. The molecule has 0 spiro atoms. The van der Waals surface area contributed by atoms with E-state index in [0.29, 0.717) is 12.3 Å². The Morgan fingerprint density at radius 2 is 2.10 bits per heavy atom. The first-order valence-corrected chi connectivity index (χ1v) is 7.46. The fourth-order valence-corrected chi connectivity index (χ4v) is 3.45. The van der Waals surface area contributed by atoms with Crippen LogP contribution in [-0.2, 0) is 10.3 Å². The predicted octanol–water partition coefficient (Wildman–Crippen LogP) is 2.31. The summed E-state index contributed by atoms with van der Waals surface area (Å²) in [6.07, 6.45) is 2.30. The molecule has 3 N–H and O–H groups in total. The van der Waals surface area contributed by atoms with Gasteiger partial charge in [0.15, 0.2) is 0 Å². The van der Waals surface area contributed by atoms with E-state index in [2.05, 4.69) is 0 Å². The number of ether oxygens (including phenoxy) is 1. The molecule has 0 bridgehead atoms. The van der Waals surface area contributed by atoms with Gasteiger partial charge in [0, 0.05) is 17.5 Å². The SMILES string of the molecule is CC(O)C1CC(C2CC2)OCC1(N)c1ccc(F)cc1F. The van der Waals surface area contributed by atoms with Gasteiger partial charge in [0.25, 0.3) is 0 Å². The molecule has 116 valence electrons. The van der Waals surface area contributed by atoms with Crippen LogP contribution in [0.4, 0.5) is 8.78 Å². The maximum Gasteiger partial charge on any atom is 0.131 e. The zero-order valence-electron chi connectivity index (χ0n) is 12.1. The zero-order valence-corrected chi connectivity index (χ0v) is 12.1. The summed E-state index contributed by atoms with van der Waals surface area (Å²) in [7, 11) is 0. The van der Waals surface area contributed by atoms with Crippen molar-refractivity contribution in [2.75, 3.05) is 6.61 Å². The minimum atomic E-state index is -1.13.